The molecule has 0 unspecified atom stereocenters. The zero-order valence-electron chi connectivity index (χ0n) is 8.12. The van der Waals surface area contributed by atoms with Gasteiger partial charge in [0.2, 0.25) is 0 Å². The smallest absolute Gasteiger partial charge is 0.183 e. The third-order valence-corrected chi connectivity index (χ3v) is 1.75. The molecule has 0 amide bonds. The molecule has 0 radical (unpaired) electrons. The Morgan fingerprint density at radius 3 is 2.79 bits per heavy atom. The predicted molar refractivity (Wildman–Crippen MR) is 51.6 cm³/mol. The van der Waals surface area contributed by atoms with Gasteiger partial charge in [-0.3, -0.25) is 4.90 Å². The van der Waals surface area contributed by atoms with Crippen molar-refractivity contribution in [2.45, 2.75) is 6.92 Å². The minimum atomic E-state index is -0.452. The predicted octanol–water partition coefficient (Wildman–Crippen LogP) is 2.14. The fourth-order valence-electron chi connectivity index (χ4n) is 1.03. The van der Waals surface area contributed by atoms with Gasteiger partial charge in [-0.05, 0) is 19.1 Å². The minimum Gasteiger partial charge on any atom is -0.491 e. The molecule has 0 saturated heterocycles. The van der Waals surface area contributed by atoms with Crippen LogP contribution >= 0.6 is 0 Å². The van der Waals surface area contributed by atoms with E-state index in [0.717, 1.165) is 0 Å². The second-order valence-corrected chi connectivity index (χ2v) is 2.71. The summed E-state index contributed by atoms with van der Waals surface area (Å²) in [4.78, 5) is 1.28. The van der Waals surface area contributed by atoms with Crippen LogP contribution in [0.2, 0.25) is 0 Å². The molecule has 0 aromatic heterocycles. The molecule has 0 N–H and O–H groups in total. The van der Waals surface area contributed by atoms with Crippen LogP contribution in [0.25, 0.3) is 0 Å². The third kappa shape index (κ3) is 2.13. The minimum absolute atomic E-state index is 0.211. The number of hydrogen-bond donors (Lipinski definition) is 0. The monoisotopic (exact) mass is 194 g/mol. The van der Waals surface area contributed by atoms with Crippen molar-refractivity contribution < 1.29 is 9.13 Å². The van der Waals surface area contributed by atoms with E-state index in [1.165, 1.54) is 17.0 Å². The van der Waals surface area contributed by atoms with Crippen molar-refractivity contribution in [2.75, 3.05) is 18.6 Å². The van der Waals surface area contributed by atoms with Crippen molar-refractivity contribution in [3.05, 3.63) is 24.0 Å². The molecule has 0 saturated carbocycles. The summed E-state index contributed by atoms with van der Waals surface area (Å²) in [6.45, 7) is 2.21. The molecular weight excluding hydrogens is 183 g/mol. The molecule has 0 aliphatic heterocycles. The molecule has 0 fully saturated rings. The Kier molecular flexibility index (Phi) is 3.29. The fourth-order valence-corrected chi connectivity index (χ4v) is 1.03. The van der Waals surface area contributed by atoms with Crippen LogP contribution in [0.1, 0.15) is 6.92 Å². The number of nitrogens with zero attached hydrogens (tertiary/aromatic N) is 2. The molecule has 1 rings (SSSR count). The summed E-state index contributed by atoms with van der Waals surface area (Å²) >= 11 is 0. The van der Waals surface area contributed by atoms with Gasteiger partial charge in [0.25, 0.3) is 0 Å². The summed E-state index contributed by atoms with van der Waals surface area (Å²) < 4.78 is 18.3. The molecule has 3 nitrogen and oxygen atoms in total. The second kappa shape index (κ2) is 4.47. The maximum atomic E-state index is 13.3. The molecule has 0 heterocycles. The van der Waals surface area contributed by atoms with E-state index < -0.39 is 5.82 Å². The van der Waals surface area contributed by atoms with Gasteiger partial charge in [-0.2, -0.15) is 5.26 Å². The van der Waals surface area contributed by atoms with Crippen LogP contribution in [-0.2, 0) is 0 Å². The van der Waals surface area contributed by atoms with Gasteiger partial charge in [0.15, 0.2) is 17.8 Å². The van der Waals surface area contributed by atoms with Crippen LogP contribution in [0.5, 0.6) is 5.75 Å². The Bertz CT molecular complexity index is 360. The maximum Gasteiger partial charge on any atom is 0.183 e. The molecule has 0 spiro atoms. The van der Waals surface area contributed by atoms with Crippen molar-refractivity contribution >= 4 is 5.69 Å². The topological polar surface area (TPSA) is 36.3 Å². The first-order valence-corrected chi connectivity index (χ1v) is 4.24. The Morgan fingerprint density at radius 1 is 1.57 bits per heavy atom. The van der Waals surface area contributed by atoms with E-state index >= 15 is 0 Å². The molecule has 0 aliphatic rings. The average Bonchev–Trinajstić information content (AvgIpc) is 2.20. The summed E-state index contributed by atoms with van der Waals surface area (Å²) in [5.74, 6) is -0.242. The van der Waals surface area contributed by atoms with Gasteiger partial charge in [-0.15, -0.1) is 0 Å². The van der Waals surface area contributed by atoms with Crippen molar-refractivity contribution in [2.24, 2.45) is 0 Å². The van der Waals surface area contributed by atoms with E-state index in [0.29, 0.717) is 12.3 Å². The number of anilines is 1. The van der Waals surface area contributed by atoms with Gasteiger partial charge >= 0.3 is 0 Å². The van der Waals surface area contributed by atoms with Crippen molar-refractivity contribution in [3.8, 4) is 11.9 Å². The summed E-state index contributed by atoms with van der Waals surface area (Å²) in [6.07, 6.45) is 1.89. The first-order valence-electron chi connectivity index (χ1n) is 4.24. The first-order chi connectivity index (χ1) is 6.69. The summed E-state index contributed by atoms with van der Waals surface area (Å²) in [7, 11) is 1.56. The number of nitriles is 1. The van der Waals surface area contributed by atoms with Crippen LogP contribution in [0.4, 0.5) is 10.1 Å². The molecule has 74 valence electrons. The maximum absolute atomic E-state index is 13.3. The van der Waals surface area contributed by atoms with E-state index in [2.05, 4.69) is 0 Å². The highest BCUT2D eigenvalue weighted by atomic mass is 19.1. The molecule has 14 heavy (non-hydrogen) atoms. The Balaban J connectivity index is 2.95. The van der Waals surface area contributed by atoms with Gasteiger partial charge in [-0.1, -0.05) is 0 Å². The summed E-state index contributed by atoms with van der Waals surface area (Å²) in [6, 6.07) is 4.42. The van der Waals surface area contributed by atoms with Gasteiger partial charge in [-0.25, -0.2) is 4.39 Å². The van der Waals surface area contributed by atoms with Crippen LogP contribution in [-0.4, -0.2) is 13.7 Å². The Morgan fingerprint density at radius 2 is 2.29 bits per heavy atom. The van der Waals surface area contributed by atoms with Crippen molar-refractivity contribution in [3.63, 3.8) is 0 Å². The summed E-state index contributed by atoms with van der Waals surface area (Å²) in [5.41, 5.74) is 0.508. The number of ether oxygens (including phenoxy) is 1. The zero-order chi connectivity index (χ0) is 10.6. The first kappa shape index (κ1) is 10.3. The van der Waals surface area contributed by atoms with E-state index in [-0.39, 0.29) is 5.75 Å². The number of benzene rings is 1. The highest BCUT2D eigenvalue weighted by molar-refractivity contribution is 5.52. The van der Waals surface area contributed by atoms with Crippen molar-refractivity contribution in [1.29, 1.82) is 5.26 Å². The van der Waals surface area contributed by atoms with Crippen molar-refractivity contribution in [1.82, 2.24) is 0 Å². The highest BCUT2D eigenvalue weighted by Crippen LogP contribution is 2.22. The van der Waals surface area contributed by atoms with Crippen LogP contribution in [0.3, 0.4) is 0 Å². The second-order valence-electron chi connectivity index (χ2n) is 2.71. The average molecular weight is 194 g/mol. The molecule has 0 atom stereocenters. The van der Waals surface area contributed by atoms with Gasteiger partial charge in [0, 0.05) is 13.1 Å². The van der Waals surface area contributed by atoms with E-state index in [9.17, 15) is 4.39 Å². The molecule has 1 aromatic carbocycles. The summed E-state index contributed by atoms with van der Waals surface area (Å²) in [5, 5.41) is 8.57. The molecular formula is C10H11FN2O. The number of hydrogen-bond acceptors (Lipinski definition) is 3. The highest BCUT2D eigenvalue weighted by Gasteiger charge is 2.06. The molecule has 0 bridgehead atoms. The standard InChI is InChI=1S/C10H11FN2O/c1-3-14-10-5-4-8(6-9(10)11)13(2)7-12/h4-6H,3H2,1-2H3. The van der Waals surface area contributed by atoms with Gasteiger partial charge < -0.3 is 4.74 Å². The number of halogens is 1. The Labute approximate surface area is 82.3 Å². The molecule has 0 aliphatic carbocycles. The van der Waals surface area contributed by atoms with E-state index in [4.69, 9.17) is 10.00 Å². The largest absolute Gasteiger partial charge is 0.491 e. The zero-order valence-corrected chi connectivity index (χ0v) is 8.12. The SMILES string of the molecule is CCOc1ccc(N(C)C#N)cc1F. The van der Waals surface area contributed by atoms with Gasteiger partial charge in [0.05, 0.1) is 12.3 Å². The van der Waals surface area contributed by atoms with E-state index in [1.807, 2.05) is 6.19 Å². The van der Waals surface area contributed by atoms with Crippen LogP contribution in [0.15, 0.2) is 18.2 Å². The fraction of sp³-hybridized carbons (Fsp3) is 0.300. The Hall–Kier alpha value is -1.76. The lowest BCUT2D eigenvalue weighted by atomic mass is 10.3. The normalized spacial score (nSPS) is 9.29. The van der Waals surface area contributed by atoms with Crippen LogP contribution in [0, 0.1) is 17.3 Å². The van der Waals surface area contributed by atoms with Crippen LogP contribution < -0.4 is 9.64 Å². The third-order valence-electron chi connectivity index (χ3n) is 1.75. The lowest BCUT2D eigenvalue weighted by Crippen LogP contribution is -2.08. The lowest BCUT2D eigenvalue weighted by Gasteiger charge is -2.10. The quantitative estimate of drug-likeness (QED) is 0.546. The number of rotatable bonds is 3. The molecule has 1 aromatic rings. The lowest BCUT2D eigenvalue weighted by molar-refractivity contribution is 0.321. The van der Waals surface area contributed by atoms with Gasteiger partial charge in [0.1, 0.15) is 0 Å². The molecule has 4 heteroatoms. The van der Waals surface area contributed by atoms with E-state index in [1.54, 1.807) is 20.0 Å².